The Kier molecular flexibility index (Phi) is 9.44. The van der Waals surface area contributed by atoms with Crippen LogP contribution in [0.25, 0.3) is 10.9 Å². The van der Waals surface area contributed by atoms with Crippen LogP contribution in [0.2, 0.25) is 0 Å². The molecule has 3 aromatic rings. The SMILES string of the molecule is Cc1oc2nc1C(=O)N[C@H](C)C(=O)NCCCC[C@H](NS(=O)(=O)c1ccc3c(c1)c(=O)n(C)c(=O)n3C)C(=O)N[C@H]2C(C)C. The predicted molar refractivity (Wildman–Crippen MR) is 159 cm³/mol. The number of nitrogens with zero attached hydrogens (tertiary/aromatic N) is 3. The van der Waals surface area contributed by atoms with Gasteiger partial charge in [-0.15, -0.1) is 0 Å². The highest BCUT2D eigenvalue weighted by Crippen LogP contribution is 2.24. The zero-order valence-electron chi connectivity index (χ0n) is 25.4. The number of carbonyl (C=O) groups is 3. The van der Waals surface area contributed by atoms with Gasteiger partial charge < -0.3 is 20.4 Å². The Morgan fingerprint density at radius 3 is 2.41 bits per heavy atom. The van der Waals surface area contributed by atoms with Crippen molar-refractivity contribution in [2.45, 2.75) is 70.0 Å². The van der Waals surface area contributed by atoms with E-state index in [9.17, 15) is 32.4 Å². The number of benzene rings is 1. The molecule has 0 saturated carbocycles. The van der Waals surface area contributed by atoms with Crippen LogP contribution in [0.5, 0.6) is 0 Å². The van der Waals surface area contributed by atoms with Crippen molar-refractivity contribution < 1.29 is 27.2 Å². The number of sulfonamides is 1. The summed E-state index contributed by atoms with van der Waals surface area (Å²) in [4.78, 5) is 68.1. The van der Waals surface area contributed by atoms with Gasteiger partial charge in [0.15, 0.2) is 5.69 Å². The van der Waals surface area contributed by atoms with E-state index in [4.69, 9.17) is 4.42 Å². The summed E-state index contributed by atoms with van der Waals surface area (Å²) in [5, 5.41) is 8.15. The summed E-state index contributed by atoms with van der Waals surface area (Å²) in [5.41, 5.74) is -1.000. The molecule has 0 saturated heterocycles. The van der Waals surface area contributed by atoms with Crippen molar-refractivity contribution in [3.8, 4) is 0 Å². The van der Waals surface area contributed by atoms with Crippen LogP contribution in [0.3, 0.4) is 0 Å². The first-order valence-corrected chi connectivity index (χ1v) is 15.7. The Morgan fingerprint density at radius 2 is 1.73 bits per heavy atom. The number of fused-ring (bicyclic) bond motifs is 3. The molecule has 0 fully saturated rings. The fourth-order valence-corrected chi connectivity index (χ4v) is 6.19. The lowest BCUT2D eigenvalue weighted by molar-refractivity contribution is -0.124. The van der Waals surface area contributed by atoms with Crippen LogP contribution < -0.4 is 31.9 Å². The van der Waals surface area contributed by atoms with E-state index in [1.165, 1.54) is 50.7 Å². The van der Waals surface area contributed by atoms with Crippen LogP contribution in [0, 0.1) is 12.8 Å². The zero-order valence-corrected chi connectivity index (χ0v) is 26.2. The Hall–Kier alpha value is -4.31. The fourth-order valence-electron chi connectivity index (χ4n) is 4.94. The average Bonchev–Trinajstić information content (AvgIpc) is 3.36. The summed E-state index contributed by atoms with van der Waals surface area (Å²) >= 11 is 0. The number of carbonyl (C=O) groups excluding carboxylic acids is 3. The number of amides is 3. The van der Waals surface area contributed by atoms with E-state index in [0.29, 0.717) is 12.8 Å². The van der Waals surface area contributed by atoms with E-state index in [2.05, 4.69) is 25.7 Å². The first kappa shape index (κ1) is 32.6. The highest BCUT2D eigenvalue weighted by molar-refractivity contribution is 7.89. The molecule has 4 rings (SSSR count). The number of hydrogen-bond donors (Lipinski definition) is 4. The Balaban J connectivity index is 1.70. The van der Waals surface area contributed by atoms with E-state index in [1.54, 1.807) is 13.8 Å². The van der Waals surface area contributed by atoms with E-state index in [-0.39, 0.29) is 52.0 Å². The summed E-state index contributed by atoms with van der Waals surface area (Å²) in [6.07, 6.45) is 0.861. The molecule has 2 bridgehead atoms. The van der Waals surface area contributed by atoms with Gasteiger partial charge in [-0.2, -0.15) is 4.72 Å². The quantitative estimate of drug-likeness (QED) is 0.308. The van der Waals surface area contributed by atoms with Gasteiger partial charge in [0.2, 0.25) is 27.7 Å². The molecule has 2 aromatic heterocycles. The van der Waals surface area contributed by atoms with Crippen LogP contribution in [0.4, 0.5) is 0 Å². The standard InChI is InChI=1S/C28H37N7O8S/c1-14(2)21-26-32-22(16(4)43-26)25(38)30-15(3)23(36)29-12-8-7-9-19(24(37)31-21)33-44(41,42)17-10-11-20-18(13-17)27(39)35(6)28(40)34(20)5/h10-11,13-15,19,21,33H,7-9,12H2,1-6H3,(H,29,36)(H,30,38)(H,31,37)/t15-,19+,21+/m1/s1. The van der Waals surface area contributed by atoms with Crippen molar-refractivity contribution in [1.82, 2.24) is 34.8 Å². The summed E-state index contributed by atoms with van der Waals surface area (Å²) in [6, 6.07) is 0.879. The molecule has 44 heavy (non-hydrogen) atoms. The lowest BCUT2D eigenvalue weighted by atomic mass is 10.0. The first-order chi connectivity index (χ1) is 20.6. The number of aromatic nitrogens is 3. The molecule has 1 aliphatic rings. The number of aryl methyl sites for hydroxylation is 2. The Morgan fingerprint density at radius 1 is 1.02 bits per heavy atom. The fraction of sp³-hybridized carbons (Fsp3) is 0.500. The molecule has 0 unspecified atom stereocenters. The largest absolute Gasteiger partial charge is 0.443 e. The second-order valence-corrected chi connectivity index (χ2v) is 12.9. The highest BCUT2D eigenvalue weighted by Gasteiger charge is 2.32. The van der Waals surface area contributed by atoms with Gasteiger partial charge in [0.1, 0.15) is 23.9 Å². The molecule has 4 N–H and O–H groups in total. The van der Waals surface area contributed by atoms with Crippen LogP contribution >= 0.6 is 0 Å². The van der Waals surface area contributed by atoms with Crippen molar-refractivity contribution >= 4 is 38.6 Å². The predicted octanol–water partition coefficient (Wildman–Crippen LogP) is 0.112. The first-order valence-electron chi connectivity index (χ1n) is 14.2. The minimum Gasteiger partial charge on any atom is -0.443 e. The molecule has 0 aliphatic carbocycles. The van der Waals surface area contributed by atoms with Gasteiger partial charge in [-0.1, -0.05) is 13.8 Å². The summed E-state index contributed by atoms with van der Waals surface area (Å²) in [5.74, 6) is -1.71. The van der Waals surface area contributed by atoms with Crippen molar-refractivity contribution in [1.29, 1.82) is 0 Å². The molecule has 0 spiro atoms. The maximum Gasteiger partial charge on any atom is 0.330 e. The number of nitrogens with one attached hydrogen (secondary N) is 4. The van der Waals surface area contributed by atoms with Crippen LogP contribution in [0.15, 0.2) is 37.1 Å². The lowest BCUT2D eigenvalue weighted by Gasteiger charge is -2.24. The average molecular weight is 632 g/mol. The number of rotatable bonds is 4. The molecule has 3 amide bonds. The van der Waals surface area contributed by atoms with Gasteiger partial charge in [0, 0.05) is 20.6 Å². The van der Waals surface area contributed by atoms with Gasteiger partial charge in [0.25, 0.3) is 11.5 Å². The van der Waals surface area contributed by atoms with Crippen molar-refractivity contribution in [2.24, 2.45) is 20.0 Å². The molecular weight excluding hydrogens is 594 g/mol. The maximum atomic E-state index is 13.6. The molecule has 1 aliphatic heterocycles. The van der Waals surface area contributed by atoms with Crippen molar-refractivity contribution in [2.75, 3.05) is 6.54 Å². The third-order valence-electron chi connectivity index (χ3n) is 7.58. The molecule has 3 heterocycles. The van der Waals surface area contributed by atoms with E-state index >= 15 is 0 Å². The highest BCUT2D eigenvalue weighted by atomic mass is 32.2. The van der Waals surface area contributed by atoms with Crippen LogP contribution in [-0.4, -0.2) is 58.9 Å². The minimum atomic E-state index is -4.35. The van der Waals surface area contributed by atoms with Crippen molar-refractivity contribution in [3.63, 3.8) is 0 Å². The Bertz CT molecular complexity index is 1840. The Labute approximate surface area is 253 Å². The minimum absolute atomic E-state index is 0.0175. The number of hydrogen-bond acceptors (Lipinski definition) is 9. The molecule has 3 atom stereocenters. The summed E-state index contributed by atoms with van der Waals surface area (Å²) < 4.78 is 37.5. The summed E-state index contributed by atoms with van der Waals surface area (Å²) in [7, 11) is -1.58. The second-order valence-electron chi connectivity index (χ2n) is 11.2. The van der Waals surface area contributed by atoms with Crippen LogP contribution in [0.1, 0.15) is 68.2 Å². The summed E-state index contributed by atoms with van der Waals surface area (Å²) in [6.45, 7) is 6.91. The van der Waals surface area contributed by atoms with Crippen LogP contribution in [-0.2, 0) is 33.7 Å². The van der Waals surface area contributed by atoms with Gasteiger partial charge in [-0.05, 0) is 57.2 Å². The maximum absolute atomic E-state index is 13.6. The normalized spacial score (nSPS) is 20.8. The van der Waals surface area contributed by atoms with E-state index in [1.807, 2.05) is 0 Å². The van der Waals surface area contributed by atoms with E-state index < -0.39 is 57.1 Å². The van der Waals surface area contributed by atoms with Gasteiger partial charge in [-0.25, -0.2) is 18.2 Å². The third-order valence-corrected chi connectivity index (χ3v) is 9.05. The molecule has 15 nitrogen and oxygen atoms in total. The monoisotopic (exact) mass is 631 g/mol. The zero-order chi connectivity index (χ0) is 32.5. The molecular formula is C28H37N7O8S. The van der Waals surface area contributed by atoms with Gasteiger partial charge in [-0.3, -0.25) is 28.3 Å². The third kappa shape index (κ3) is 6.60. The molecule has 0 radical (unpaired) electrons. The number of oxazole rings is 1. The van der Waals surface area contributed by atoms with E-state index in [0.717, 1.165) is 4.57 Å². The molecule has 16 heteroatoms. The van der Waals surface area contributed by atoms with Gasteiger partial charge in [0.05, 0.1) is 15.8 Å². The molecule has 1 aromatic carbocycles. The van der Waals surface area contributed by atoms with Crippen molar-refractivity contribution in [3.05, 3.63) is 56.4 Å². The smallest absolute Gasteiger partial charge is 0.330 e. The topological polar surface area (TPSA) is 204 Å². The molecule has 238 valence electrons. The van der Waals surface area contributed by atoms with Gasteiger partial charge >= 0.3 is 5.69 Å². The lowest BCUT2D eigenvalue weighted by Crippen LogP contribution is -2.48. The second kappa shape index (κ2) is 12.7.